The number of hydrogen-bond donors (Lipinski definition) is 0. The number of hydrogen-bond acceptors (Lipinski definition) is 4. The van der Waals surface area contributed by atoms with Crippen molar-refractivity contribution in [3.63, 3.8) is 0 Å². The molecule has 1 rings (SSSR count). The van der Waals surface area contributed by atoms with Crippen LogP contribution in [0.3, 0.4) is 0 Å². The summed E-state index contributed by atoms with van der Waals surface area (Å²) in [5.41, 5.74) is 1.73. The van der Waals surface area contributed by atoms with Crippen molar-refractivity contribution in [2.75, 3.05) is 20.6 Å². The molecular formula is C13H18N2O2. The second kappa shape index (κ2) is 6.25. The molecule has 0 heterocycles. The Balaban J connectivity index is 2.67. The topological polar surface area (TPSA) is 49.7 Å². The molecule has 1 unspecified atom stereocenters. The SMILES string of the molecule is CC(N=O)C(=O)c1ccc(CCN(C)C)cc1. The first-order valence-electron chi connectivity index (χ1n) is 5.65. The van der Waals surface area contributed by atoms with Crippen LogP contribution >= 0.6 is 0 Å². The number of ketones is 1. The van der Waals surface area contributed by atoms with Crippen LogP contribution in [-0.2, 0) is 6.42 Å². The molecule has 0 radical (unpaired) electrons. The van der Waals surface area contributed by atoms with E-state index in [-0.39, 0.29) is 5.78 Å². The Kier molecular flexibility index (Phi) is 4.97. The lowest BCUT2D eigenvalue weighted by atomic mass is 10.0. The van der Waals surface area contributed by atoms with Crippen molar-refractivity contribution in [1.82, 2.24) is 4.90 Å². The van der Waals surface area contributed by atoms with E-state index in [1.54, 1.807) is 12.1 Å². The molecular weight excluding hydrogens is 216 g/mol. The fourth-order valence-electron chi connectivity index (χ4n) is 1.48. The van der Waals surface area contributed by atoms with Gasteiger partial charge in [-0.2, -0.15) is 4.91 Å². The summed E-state index contributed by atoms with van der Waals surface area (Å²) in [4.78, 5) is 24.0. The standard InChI is InChI=1S/C13H18N2O2/c1-10(14-17)13(16)12-6-4-11(5-7-12)8-9-15(2)3/h4-7,10H,8-9H2,1-3H3. The number of benzene rings is 1. The van der Waals surface area contributed by atoms with Gasteiger partial charge in [-0.3, -0.25) is 4.79 Å². The molecule has 1 atom stereocenters. The number of Topliss-reactive ketones (excluding diaryl/α,β-unsaturated/α-hetero) is 1. The van der Waals surface area contributed by atoms with Gasteiger partial charge in [0.2, 0.25) is 0 Å². The highest BCUT2D eigenvalue weighted by molar-refractivity contribution is 5.99. The molecule has 0 fully saturated rings. The van der Waals surface area contributed by atoms with E-state index in [9.17, 15) is 9.70 Å². The van der Waals surface area contributed by atoms with Crippen LogP contribution in [0.4, 0.5) is 0 Å². The van der Waals surface area contributed by atoms with Crippen LogP contribution < -0.4 is 0 Å². The van der Waals surface area contributed by atoms with Crippen LogP contribution in [0.5, 0.6) is 0 Å². The summed E-state index contributed by atoms with van der Waals surface area (Å²) < 4.78 is 0. The Bertz CT molecular complexity index is 385. The lowest BCUT2D eigenvalue weighted by Gasteiger charge is -2.09. The van der Waals surface area contributed by atoms with E-state index >= 15 is 0 Å². The van der Waals surface area contributed by atoms with E-state index < -0.39 is 6.04 Å². The molecule has 0 bridgehead atoms. The second-order valence-electron chi connectivity index (χ2n) is 4.40. The minimum Gasteiger partial charge on any atom is -0.309 e. The summed E-state index contributed by atoms with van der Waals surface area (Å²) >= 11 is 0. The Morgan fingerprint density at radius 2 is 1.88 bits per heavy atom. The molecule has 1 aromatic carbocycles. The van der Waals surface area contributed by atoms with Crippen LogP contribution in [0, 0.1) is 4.91 Å². The van der Waals surface area contributed by atoms with Crippen molar-refractivity contribution in [2.24, 2.45) is 5.18 Å². The molecule has 0 aliphatic heterocycles. The van der Waals surface area contributed by atoms with Crippen LogP contribution in [0.1, 0.15) is 22.8 Å². The van der Waals surface area contributed by atoms with Crippen molar-refractivity contribution >= 4 is 5.78 Å². The highest BCUT2D eigenvalue weighted by atomic mass is 16.3. The van der Waals surface area contributed by atoms with Crippen LogP contribution in [0.15, 0.2) is 29.4 Å². The number of likely N-dealkylation sites (N-methyl/N-ethyl adjacent to an activating group) is 1. The first-order valence-corrected chi connectivity index (χ1v) is 5.65. The summed E-state index contributed by atoms with van der Waals surface area (Å²) in [5.74, 6) is -0.223. The Morgan fingerprint density at radius 1 is 1.29 bits per heavy atom. The molecule has 0 aliphatic rings. The number of carbonyl (C=O) groups is 1. The van der Waals surface area contributed by atoms with Crippen molar-refractivity contribution in [3.05, 3.63) is 40.3 Å². The van der Waals surface area contributed by atoms with Crippen molar-refractivity contribution in [3.8, 4) is 0 Å². The van der Waals surface area contributed by atoms with Gasteiger partial charge in [-0.1, -0.05) is 29.4 Å². The minimum absolute atomic E-state index is 0.223. The molecule has 4 nitrogen and oxygen atoms in total. The zero-order valence-electron chi connectivity index (χ0n) is 10.5. The Hall–Kier alpha value is -1.55. The van der Waals surface area contributed by atoms with E-state index in [0.717, 1.165) is 13.0 Å². The molecule has 4 heteroatoms. The molecule has 0 N–H and O–H groups in total. The summed E-state index contributed by atoms with van der Waals surface area (Å²) in [6, 6.07) is 6.56. The molecule has 0 saturated heterocycles. The van der Waals surface area contributed by atoms with Crippen molar-refractivity contribution < 1.29 is 4.79 Å². The second-order valence-corrected chi connectivity index (χ2v) is 4.40. The fourth-order valence-corrected chi connectivity index (χ4v) is 1.48. The zero-order chi connectivity index (χ0) is 12.8. The third kappa shape index (κ3) is 4.07. The molecule has 0 aliphatic carbocycles. The van der Waals surface area contributed by atoms with Gasteiger partial charge in [0.1, 0.15) is 0 Å². The molecule has 0 saturated carbocycles. The largest absolute Gasteiger partial charge is 0.309 e. The lowest BCUT2D eigenvalue weighted by molar-refractivity contribution is 0.0968. The molecule has 0 amide bonds. The third-order valence-electron chi connectivity index (χ3n) is 2.62. The van der Waals surface area contributed by atoms with Crippen LogP contribution in [-0.4, -0.2) is 37.4 Å². The first-order chi connectivity index (χ1) is 8.04. The molecule has 1 aromatic rings. The average molecular weight is 234 g/mol. The van der Waals surface area contributed by atoms with Crippen molar-refractivity contribution in [1.29, 1.82) is 0 Å². The highest BCUT2D eigenvalue weighted by Crippen LogP contribution is 2.09. The normalized spacial score (nSPS) is 12.5. The predicted octanol–water partition coefficient (Wildman–Crippen LogP) is 2.13. The van der Waals surface area contributed by atoms with E-state index in [1.807, 2.05) is 26.2 Å². The monoisotopic (exact) mass is 234 g/mol. The van der Waals surface area contributed by atoms with Gasteiger partial charge < -0.3 is 4.90 Å². The third-order valence-corrected chi connectivity index (χ3v) is 2.62. The molecule has 92 valence electrons. The van der Waals surface area contributed by atoms with Crippen LogP contribution in [0.2, 0.25) is 0 Å². The molecule has 0 aromatic heterocycles. The number of rotatable bonds is 6. The van der Waals surface area contributed by atoms with Crippen LogP contribution in [0.25, 0.3) is 0 Å². The first kappa shape index (κ1) is 13.5. The Labute approximate surface area is 102 Å². The lowest BCUT2D eigenvalue weighted by Crippen LogP contribution is -2.16. The van der Waals surface area contributed by atoms with Gasteiger partial charge in [0.05, 0.1) is 0 Å². The number of nitrogens with zero attached hydrogens (tertiary/aromatic N) is 2. The maximum Gasteiger partial charge on any atom is 0.190 e. The van der Waals surface area contributed by atoms with E-state index in [0.29, 0.717) is 5.56 Å². The van der Waals surface area contributed by atoms with Gasteiger partial charge in [0.25, 0.3) is 0 Å². The van der Waals surface area contributed by atoms with E-state index in [1.165, 1.54) is 12.5 Å². The number of carbonyl (C=O) groups excluding carboxylic acids is 1. The predicted molar refractivity (Wildman–Crippen MR) is 68.3 cm³/mol. The van der Waals surface area contributed by atoms with Gasteiger partial charge in [0.15, 0.2) is 11.8 Å². The van der Waals surface area contributed by atoms with Crippen molar-refractivity contribution in [2.45, 2.75) is 19.4 Å². The summed E-state index contributed by atoms with van der Waals surface area (Å²) in [5, 5.41) is 2.74. The summed E-state index contributed by atoms with van der Waals surface area (Å²) in [6.45, 7) is 2.48. The highest BCUT2D eigenvalue weighted by Gasteiger charge is 2.14. The average Bonchev–Trinajstić information content (AvgIpc) is 2.35. The maximum atomic E-state index is 11.7. The maximum absolute atomic E-state index is 11.7. The Morgan fingerprint density at radius 3 is 2.35 bits per heavy atom. The number of nitroso groups, excluding NO2 is 1. The van der Waals surface area contributed by atoms with Gasteiger partial charge in [0, 0.05) is 12.1 Å². The quantitative estimate of drug-likeness (QED) is 0.559. The fraction of sp³-hybridized carbons (Fsp3) is 0.462. The summed E-state index contributed by atoms with van der Waals surface area (Å²) in [6.07, 6.45) is 0.947. The van der Waals surface area contributed by atoms with Gasteiger partial charge in [-0.05, 0) is 33.0 Å². The molecule has 0 spiro atoms. The van der Waals surface area contributed by atoms with Gasteiger partial charge in [-0.25, -0.2) is 0 Å². The molecule has 17 heavy (non-hydrogen) atoms. The zero-order valence-corrected chi connectivity index (χ0v) is 10.5. The van der Waals surface area contributed by atoms with Gasteiger partial charge in [-0.15, -0.1) is 0 Å². The smallest absolute Gasteiger partial charge is 0.190 e. The minimum atomic E-state index is -0.803. The van der Waals surface area contributed by atoms with E-state index in [4.69, 9.17) is 0 Å². The van der Waals surface area contributed by atoms with E-state index in [2.05, 4.69) is 10.1 Å². The van der Waals surface area contributed by atoms with Gasteiger partial charge >= 0.3 is 0 Å². The summed E-state index contributed by atoms with van der Waals surface area (Å²) in [7, 11) is 4.05.